The average molecular weight is 341 g/mol. The topological polar surface area (TPSA) is 50.4 Å². The lowest BCUT2D eigenvalue weighted by atomic mass is 10.0. The molecular formula is C15H21BrN2O2. The minimum atomic E-state index is -0.111. The SMILES string of the molecule is CCNC1COCC1C(=O)N[C@@H](C)c1ccccc1Br. The largest absolute Gasteiger partial charge is 0.379 e. The van der Waals surface area contributed by atoms with E-state index >= 15 is 0 Å². The zero-order valence-corrected chi connectivity index (χ0v) is 13.4. The van der Waals surface area contributed by atoms with E-state index in [-0.39, 0.29) is 23.9 Å². The van der Waals surface area contributed by atoms with Crippen LogP contribution < -0.4 is 10.6 Å². The second kappa shape index (κ2) is 7.20. The fourth-order valence-electron chi connectivity index (χ4n) is 2.50. The van der Waals surface area contributed by atoms with Gasteiger partial charge in [-0.2, -0.15) is 0 Å². The Balaban J connectivity index is 1.99. The van der Waals surface area contributed by atoms with Crippen LogP contribution in [0.15, 0.2) is 28.7 Å². The molecule has 5 heteroatoms. The van der Waals surface area contributed by atoms with Gasteiger partial charge in [-0.05, 0) is 25.1 Å². The Kier molecular flexibility index (Phi) is 5.57. The van der Waals surface area contributed by atoms with E-state index in [0.717, 1.165) is 16.6 Å². The molecule has 1 amide bonds. The van der Waals surface area contributed by atoms with Gasteiger partial charge in [0.25, 0.3) is 0 Å². The molecular weight excluding hydrogens is 320 g/mol. The van der Waals surface area contributed by atoms with E-state index in [1.54, 1.807) is 0 Å². The Labute approximate surface area is 128 Å². The fraction of sp³-hybridized carbons (Fsp3) is 0.533. The maximum Gasteiger partial charge on any atom is 0.227 e. The monoisotopic (exact) mass is 340 g/mol. The van der Waals surface area contributed by atoms with Crippen LogP contribution in [0.3, 0.4) is 0 Å². The van der Waals surface area contributed by atoms with Crippen molar-refractivity contribution in [2.24, 2.45) is 5.92 Å². The van der Waals surface area contributed by atoms with Crippen LogP contribution in [-0.2, 0) is 9.53 Å². The summed E-state index contributed by atoms with van der Waals surface area (Å²) in [5, 5.41) is 6.38. The maximum absolute atomic E-state index is 12.4. The lowest BCUT2D eigenvalue weighted by Gasteiger charge is -2.21. The third kappa shape index (κ3) is 3.59. The molecule has 1 fully saturated rings. The van der Waals surface area contributed by atoms with E-state index < -0.39 is 0 Å². The van der Waals surface area contributed by atoms with Crippen molar-refractivity contribution in [2.45, 2.75) is 25.9 Å². The highest BCUT2D eigenvalue weighted by Gasteiger charge is 2.34. The summed E-state index contributed by atoms with van der Waals surface area (Å²) < 4.78 is 6.43. The first kappa shape index (κ1) is 15.5. The third-order valence-corrected chi connectivity index (χ3v) is 4.34. The molecule has 20 heavy (non-hydrogen) atoms. The number of ether oxygens (including phenoxy) is 1. The van der Waals surface area contributed by atoms with Gasteiger partial charge in [0.05, 0.1) is 25.2 Å². The summed E-state index contributed by atoms with van der Waals surface area (Å²) in [5.41, 5.74) is 1.08. The fourth-order valence-corrected chi connectivity index (χ4v) is 3.13. The smallest absolute Gasteiger partial charge is 0.227 e. The Hall–Kier alpha value is -0.910. The maximum atomic E-state index is 12.4. The predicted molar refractivity (Wildman–Crippen MR) is 82.5 cm³/mol. The molecule has 0 aromatic heterocycles. The number of rotatable bonds is 5. The van der Waals surface area contributed by atoms with Crippen LogP contribution in [0.2, 0.25) is 0 Å². The van der Waals surface area contributed by atoms with Gasteiger partial charge in [-0.15, -0.1) is 0 Å². The summed E-state index contributed by atoms with van der Waals surface area (Å²) in [5.74, 6) is -0.0587. The minimum absolute atomic E-state index is 0.0269. The standard InChI is InChI=1S/C15H21BrN2O2/c1-3-17-14-9-20-8-12(14)15(19)18-10(2)11-6-4-5-7-13(11)16/h4-7,10,12,14,17H,3,8-9H2,1-2H3,(H,18,19)/t10-,12?,14?/m0/s1. The van der Waals surface area contributed by atoms with Gasteiger partial charge >= 0.3 is 0 Å². The molecule has 1 aromatic carbocycles. The molecule has 2 unspecified atom stereocenters. The molecule has 1 aliphatic rings. The van der Waals surface area contributed by atoms with Crippen LogP contribution in [0.5, 0.6) is 0 Å². The van der Waals surface area contributed by atoms with Crippen molar-refractivity contribution in [3.8, 4) is 0 Å². The quantitative estimate of drug-likeness (QED) is 0.864. The molecule has 1 heterocycles. The average Bonchev–Trinajstić information content (AvgIpc) is 2.88. The summed E-state index contributed by atoms with van der Waals surface area (Å²) >= 11 is 3.52. The third-order valence-electron chi connectivity index (χ3n) is 3.61. The number of hydrogen-bond donors (Lipinski definition) is 2. The number of halogens is 1. The van der Waals surface area contributed by atoms with Crippen molar-refractivity contribution in [1.82, 2.24) is 10.6 Å². The van der Waals surface area contributed by atoms with E-state index in [0.29, 0.717) is 13.2 Å². The zero-order chi connectivity index (χ0) is 14.5. The van der Waals surface area contributed by atoms with Crippen LogP contribution in [0.4, 0.5) is 0 Å². The van der Waals surface area contributed by atoms with Crippen molar-refractivity contribution < 1.29 is 9.53 Å². The van der Waals surface area contributed by atoms with Gasteiger partial charge in [0.2, 0.25) is 5.91 Å². The van der Waals surface area contributed by atoms with Crippen molar-refractivity contribution in [3.63, 3.8) is 0 Å². The molecule has 1 aromatic rings. The summed E-state index contributed by atoms with van der Waals surface area (Å²) in [6, 6.07) is 8.03. The van der Waals surface area contributed by atoms with Gasteiger partial charge in [0.15, 0.2) is 0 Å². The molecule has 3 atom stereocenters. The van der Waals surface area contributed by atoms with Gasteiger partial charge in [0.1, 0.15) is 0 Å². The van der Waals surface area contributed by atoms with E-state index in [1.807, 2.05) is 38.1 Å². The highest BCUT2D eigenvalue weighted by atomic mass is 79.9. The summed E-state index contributed by atoms with van der Waals surface area (Å²) in [6.07, 6.45) is 0. The molecule has 2 rings (SSSR count). The molecule has 1 saturated heterocycles. The van der Waals surface area contributed by atoms with Gasteiger partial charge in [0, 0.05) is 10.5 Å². The zero-order valence-electron chi connectivity index (χ0n) is 11.9. The highest BCUT2D eigenvalue weighted by molar-refractivity contribution is 9.10. The number of benzene rings is 1. The molecule has 0 saturated carbocycles. The van der Waals surface area contributed by atoms with E-state index in [1.165, 1.54) is 0 Å². The van der Waals surface area contributed by atoms with Crippen molar-refractivity contribution >= 4 is 21.8 Å². The highest BCUT2D eigenvalue weighted by Crippen LogP contribution is 2.23. The number of carbonyl (C=O) groups is 1. The first-order valence-electron chi connectivity index (χ1n) is 6.99. The molecule has 0 aliphatic carbocycles. The Morgan fingerprint density at radius 3 is 2.90 bits per heavy atom. The molecule has 1 aliphatic heterocycles. The molecule has 0 spiro atoms. The lowest BCUT2D eigenvalue weighted by Crippen LogP contribution is -2.44. The minimum Gasteiger partial charge on any atom is -0.379 e. The second-order valence-electron chi connectivity index (χ2n) is 5.06. The van der Waals surface area contributed by atoms with Crippen LogP contribution >= 0.6 is 15.9 Å². The molecule has 0 radical (unpaired) electrons. The first-order valence-corrected chi connectivity index (χ1v) is 7.78. The van der Waals surface area contributed by atoms with Crippen LogP contribution in [-0.4, -0.2) is 31.7 Å². The molecule has 110 valence electrons. The van der Waals surface area contributed by atoms with Crippen molar-refractivity contribution in [2.75, 3.05) is 19.8 Å². The second-order valence-corrected chi connectivity index (χ2v) is 5.91. The molecule has 4 nitrogen and oxygen atoms in total. The van der Waals surface area contributed by atoms with Crippen LogP contribution in [0, 0.1) is 5.92 Å². The van der Waals surface area contributed by atoms with Gasteiger partial charge in [-0.1, -0.05) is 41.1 Å². The normalized spacial score (nSPS) is 23.6. The number of amides is 1. The Morgan fingerprint density at radius 2 is 2.20 bits per heavy atom. The number of hydrogen-bond acceptors (Lipinski definition) is 3. The summed E-state index contributed by atoms with van der Waals surface area (Å²) in [6.45, 7) is 5.98. The van der Waals surface area contributed by atoms with Crippen LogP contribution in [0.25, 0.3) is 0 Å². The van der Waals surface area contributed by atoms with E-state index in [4.69, 9.17) is 4.74 Å². The van der Waals surface area contributed by atoms with Crippen LogP contribution in [0.1, 0.15) is 25.5 Å². The number of nitrogens with one attached hydrogen (secondary N) is 2. The van der Waals surface area contributed by atoms with Crippen molar-refractivity contribution in [1.29, 1.82) is 0 Å². The summed E-state index contributed by atoms with van der Waals surface area (Å²) in [7, 11) is 0. The predicted octanol–water partition coefficient (Wildman–Crippen LogP) is 2.25. The number of carbonyl (C=O) groups excluding carboxylic acids is 1. The summed E-state index contributed by atoms with van der Waals surface area (Å²) in [4.78, 5) is 12.4. The Morgan fingerprint density at radius 1 is 1.45 bits per heavy atom. The van der Waals surface area contributed by atoms with Gasteiger partial charge < -0.3 is 15.4 Å². The lowest BCUT2D eigenvalue weighted by molar-refractivity contribution is -0.126. The Bertz CT molecular complexity index is 467. The van der Waals surface area contributed by atoms with Gasteiger partial charge in [-0.25, -0.2) is 0 Å². The number of likely N-dealkylation sites (N-methyl/N-ethyl adjacent to an activating group) is 1. The molecule has 0 bridgehead atoms. The van der Waals surface area contributed by atoms with E-state index in [2.05, 4.69) is 26.6 Å². The molecule has 2 N–H and O–H groups in total. The van der Waals surface area contributed by atoms with Gasteiger partial charge in [-0.3, -0.25) is 4.79 Å². The first-order chi connectivity index (χ1) is 9.63. The van der Waals surface area contributed by atoms with E-state index in [9.17, 15) is 4.79 Å². The van der Waals surface area contributed by atoms with Crippen molar-refractivity contribution in [3.05, 3.63) is 34.3 Å².